The van der Waals surface area contributed by atoms with Crippen molar-refractivity contribution in [2.24, 2.45) is 0 Å². The molecular weight excluding hydrogens is 380 g/mol. The molecule has 150 valence electrons. The second-order valence-corrected chi connectivity index (χ2v) is 6.09. The number of amides is 1. The molecule has 0 aliphatic heterocycles. The van der Waals surface area contributed by atoms with E-state index in [1.165, 1.54) is 24.2 Å². The Bertz CT molecular complexity index is 1040. The van der Waals surface area contributed by atoms with Gasteiger partial charge >= 0.3 is 11.7 Å². The molecule has 0 bridgehead atoms. The zero-order valence-corrected chi connectivity index (χ0v) is 15.5. The summed E-state index contributed by atoms with van der Waals surface area (Å²) >= 11 is 0. The van der Waals surface area contributed by atoms with E-state index in [0.717, 1.165) is 11.8 Å². The number of anilines is 1. The summed E-state index contributed by atoms with van der Waals surface area (Å²) in [7, 11) is 1.32. The molecule has 2 heterocycles. The van der Waals surface area contributed by atoms with E-state index >= 15 is 0 Å². The van der Waals surface area contributed by atoms with Crippen LogP contribution in [0.4, 0.5) is 11.4 Å². The summed E-state index contributed by atoms with van der Waals surface area (Å²) < 4.78 is 7.71. The quantitative estimate of drug-likeness (QED) is 0.348. The lowest BCUT2D eigenvalue weighted by molar-refractivity contribution is -0.385. The molecule has 29 heavy (non-hydrogen) atoms. The van der Waals surface area contributed by atoms with Gasteiger partial charge in [-0.1, -0.05) is 18.2 Å². The molecule has 3 rings (SSSR count). The first-order valence-electron chi connectivity index (χ1n) is 8.61. The van der Waals surface area contributed by atoms with E-state index in [-0.39, 0.29) is 24.6 Å². The fraction of sp³-hybridized carbons (Fsp3) is 0.222. The Morgan fingerprint density at radius 2 is 1.93 bits per heavy atom. The van der Waals surface area contributed by atoms with E-state index in [1.807, 2.05) is 6.07 Å². The molecule has 1 N–H and O–H groups in total. The lowest BCUT2D eigenvalue weighted by Crippen LogP contribution is -2.14. The molecule has 0 fully saturated rings. The van der Waals surface area contributed by atoms with Gasteiger partial charge < -0.3 is 10.1 Å². The number of nitro groups is 1. The highest BCUT2D eigenvalue weighted by Gasteiger charge is 2.13. The van der Waals surface area contributed by atoms with Crippen molar-refractivity contribution in [2.75, 3.05) is 12.4 Å². The van der Waals surface area contributed by atoms with E-state index in [0.29, 0.717) is 17.8 Å². The predicted molar refractivity (Wildman–Crippen MR) is 101 cm³/mol. The van der Waals surface area contributed by atoms with Crippen LogP contribution < -0.4 is 5.32 Å². The zero-order chi connectivity index (χ0) is 20.8. The van der Waals surface area contributed by atoms with Crippen LogP contribution in [0.2, 0.25) is 0 Å². The highest BCUT2D eigenvalue weighted by atomic mass is 16.6. The number of hydrogen-bond donors (Lipinski definition) is 1. The van der Waals surface area contributed by atoms with Gasteiger partial charge in [0.15, 0.2) is 0 Å². The van der Waals surface area contributed by atoms with E-state index < -0.39 is 10.9 Å². The van der Waals surface area contributed by atoms with Gasteiger partial charge in [-0.3, -0.25) is 24.3 Å². The zero-order valence-electron chi connectivity index (χ0n) is 15.5. The molecule has 0 aliphatic carbocycles. The number of esters is 1. The number of aromatic nitrogens is 4. The Balaban J connectivity index is 1.57. The molecule has 0 aliphatic rings. The Labute approximate surface area is 165 Å². The third kappa shape index (κ3) is 5.03. The third-order valence-corrected chi connectivity index (χ3v) is 4.07. The van der Waals surface area contributed by atoms with E-state index in [4.69, 9.17) is 4.74 Å². The highest BCUT2D eigenvalue weighted by Crippen LogP contribution is 2.14. The number of nitrogens with one attached hydrogen (secondary N) is 1. The number of benzene rings is 1. The fourth-order valence-electron chi connectivity index (χ4n) is 2.67. The molecule has 11 nitrogen and oxygen atoms in total. The van der Waals surface area contributed by atoms with Crippen molar-refractivity contribution in [1.29, 1.82) is 0 Å². The SMILES string of the molecule is COC(=O)c1ccccc1Cn1cc(NC(=O)CCn2cc([N+](=O)[O-])cn2)cn1. The predicted octanol–water partition coefficient (Wildman–Crippen LogP) is 1.85. The van der Waals surface area contributed by atoms with Crippen molar-refractivity contribution in [3.63, 3.8) is 0 Å². The van der Waals surface area contributed by atoms with E-state index in [1.54, 1.807) is 29.1 Å². The lowest BCUT2D eigenvalue weighted by atomic mass is 10.1. The van der Waals surface area contributed by atoms with E-state index in [2.05, 4.69) is 15.5 Å². The number of rotatable bonds is 8. The van der Waals surface area contributed by atoms with Gasteiger partial charge in [-0.05, 0) is 11.6 Å². The molecular formula is C18H18N6O5. The molecule has 1 amide bonds. The maximum Gasteiger partial charge on any atom is 0.338 e. The Hall–Kier alpha value is -4.02. The smallest absolute Gasteiger partial charge is 0.338 e. The summed E-state index contributed by atoms with van der Waals surface area (Å²) in [6, 6.07) is 7.04. The van der Waals surface area contributed by atoms with Crippen LogP contribution in [0, 0.1) is 10.1 Å². The maximum atomic E-state index is 12.1. The Kier molecular flexibility index (Phi) is 5.97. The lowest BCUT2D eigenvalue weighted by Gasteiger charge is -2.07. The van der Waals surface area contributed by atoms with Crippen molar-refractivity contribution in [2.45, 2.75) is 19.5 Å². The summed E-state index contributed by atoms with van der Waals surface area (Å²) in [4.78, 5) is 34.0. The third-order valence-electron chi connectivity index (χ3n) is 4.07. The molecule has 11 heteroatoms. The molecule has 0 saturated heterocycles. The summed E-state index contributed by atoms with van der Waals surface area (Å²) in [5.41, 5.74) is 1.56. The van der Waals surface area contributed by atoms with Crippen LogP contribution in [-0.2, 0) is 22.6 Å². The van der Waals surface area contributed by atoms with Crippen molar-refractivity contribution >= 4 is 23.3 Å². The van der Waals surface area contributed by atoms with Crippen molar-refractivity contribution in [3.05, 3.63) is 70.3 Å². The van der Waals surface area contributed by atoms with Crippen LogP contribution in [0.25, 0.3) is 0 Å². The second-order valence-electron chi connectivity index (χ2n) is 6.09. The van der Waals surface area contributed by atoms with Crippen LogP contribution in [0.1, 0.15) is 22.3 Å². The molecule has 0 radical (unpaired) electrons. The normalized spacial score (nSPS) is 10.5. The average molecular weight is 398 g/mol. The van der Waals surface area contributed by atoms with Gasteiger partial charge in [0.05, 0.1) is 36.0 Å². The van der Waals surface area contributed by atoms with Crippen molar-refractivity contribution in [1.82, 2.24) is 19.6 Å². The van der Waals surface area contributed by atoms with Gasteiger partial charge in [-0.2, -0.15) is 10.2 Å². The highest BCUT2D eigenvalue weighted by molar-refractivity contribution is 5.91. The Morgan fingerprint density at radius 3 is 2.66 bits per heavy atom. The molecule has 0 saturated carbocycles. The fourth-order valence-corrected chi connectivity index (χ4v) is 2.67. The monoisotopic (exact) mass is 398 g/mol. The van der Waals surface area contributed by atoms with Crippen molar-refractivity contribution in [3.8, 4) is 0 Å². The first-order chi connectivity index (χ1) is 14.0. The van der Waals surface area contributed by atoms with Crippen LogP contribution >= 0.6 is 0 Å². The number of methoxy groups -OCH3 is 1. The number of aryl methyl sites for hydroxylation is 1. The summed E-state index contributed by atoms with van der Waals surface area (Å²) in [5.74, 6) is -0.710. The molecule has 0 spiro atoms. The van der Waals surface area contributed by atoms with Gasteiger partial charge in [-0.25, -0.2) is 4.79 Å². The standard InChI is InChI=1S/C18H18N6O5/c1-29-18(26)16-5-3-2-4-13(16)10-23-11-14(8-19-23)21-17(25)6-7-22-12-15(9-20-22)24(27)28/h2-5,8-9,11-12H,6-7,10H2,1H3,(H,21,25). The van der Waals surface area contributed by atoms with Gasteiger partial charge in [0.1, 0.15) is 12.4 Å². The van der Waals surface area contributed by atoms with Crippen LogP contribution in [0.5, 0.6) is 0 Å². The van der Waals surface area contributed by atoms with Crippen LogP contribution in [0.3, 0.4) is 0 Å². The molecule has 2 aromatic heterocycles. The first-order valence-corrected chi connectivity index (χ1v) is 8.61. The van der Waals surface area contributed by atoms with Gasteiger partial charge in [-0.15, -0.1) is 0 Å². The topological polar surface area (TPSA) is 134 Å². The number of ether oxygens (including phenoxy) is 1. The summed E-state index contributed by atoms with van der Waals surface area (Å²) in [5, 5.41) is 21.4. The van der Waals surface area contributed by atoms with Crippen molar-refractivity contribution < 1.29 is 19.2 Å². The minimum Gasteiger partial charge on any atom is -0.465 e. The number of carbonyl (C=O) groups is 2. The van der Waals surface area contributed by atoms with Gasteiger partial charge in [0.25, 0.3) is 0 Å². The number of nitrogens with zero attached hydrogens (tertiary/aromatic N) is 5. The second kappa shape index (κ2) is 8.78. The molecule has 1 aromatic carbocycles. The summed E-state index contributed by atoms with van der Waals surface area (Å²) in [6.07, 6.45) is 5.63. The number of carbonyl (C=O) groups excluding carboxylic acids is 2. The maximum absolute atomic E-state index is 12.1. The van der Waals surface area contributed by atoms with Gasteiger partial charge in [0, 0.05) is 19.2 Å². The van der Waals surface area contributed by atoms with Gasteiger partial charge in [0.2, 0.25) is 5.91 Å². The van der Waals surface area contributed by atoms with Crippen LogP contribution in [-0.4, -0.2) is 43.5 Å². The minimum atomic E-state index is -0.545. The number of hydrogen-bond acceptors (Lipinski definition) is 7. The van der Waals surface area contributed by atoms with Crippen LogP contribution in [0.15, 0.2) is 49.1 Å². The minimum absolute atomic E-state index is 0.0924. The largest absolute Gasteiger partial charge is 0.465 e. The first kappa shape index (κ1) is 19.7. The Morgan fingerprint density at radius 1 is 1.17 bits per heavy atom. The molecule has 0 unspecified atom stereocenters. The molecule has 3 aromatic rings. The average Bonchev–Trinajstić information content (AvgIpc) is 3.36. The van der Waals surface area contributed by atoms with E-state index in [9.17, 15) is 19.7 Å². The summed E-state index contributed by atoms with van der Waals surface area (Å²) in [6.45, 7) is 0.540. The molecule has 0 atom stereocenters.